The van der Waals surface area contributed by atoms with Crippen molar-refractivity contribution in [3.63, 3.8) is 0 Å². The SMILES string of the molecule is Cn1cccc1C(=C=C1CCCc2c1[nH]c1ccc([N+](=O)[O-])cc21)[Si](C)(C)C. The second kappa shape index (κ2) is 6.65. The molecule has 2 aromatic heterocycles. The molecule has 0 unspecified atom stereocenters. The molecule has 0 fully saturated rings. The Hall–Kier alpha value is -2.82. The highest BCUT2D eigenvalue weighted by molar-refractivity contribution is 6.93. The molecule has 5 nitrogen and oxygen atoms in total. The lowest BCUT2D eigenvalue weighted by Gasteiger charge is -2.21. The van der Waals surface area contributed by atoms with E-state index in [1.54, 1.807) is 12.1 Å². The van der Waals surface area contributed by atoms with Gasteiger partial charge in [0.25, 0.3) is 5.69 Å². The summed E-state index contributed by atoms with van der Waals surface area (Å²) in [5, 5.41) is 13.5. The van der Waals surface area contributed by atoms with Gasteiger partial charge in [-0.25, -0.2) is 0 Å². The molecule has 144 valence electrons. The maximum absolute atomic E-state index is 11.2. The molecule has 0 amide bonds. The van der Waals surface area contributed by atoms with Gasteiger partial charge in [0.05, 0.1) is 18.7 Å². The predicted octanol–water partition coefficient (Wildman–Crippen LogP) is 5.69. The third kappa shape index (κ3) is 3.15. The molecule has 3 aromatic rings. The molecule has 1 N–H and O–H groups in total. The summed E-state index contributed by atoms with van der Waals surface area (Å²) >= 11 is 0. The van der Waals surface area contributed by atoms with Crippen LogP contribution in [0.15, 0.2) is 42.3 Å². The van der Waals surface area contributed by atoms with Crippen molar-refractivity contribution in [2.24, 2.45) is 7.05 Å². The number of non-ortho nitro benzene ring substituents is 1. The molecule has 4 rings (SSSR count). The van der Waals surface area contributed by atoms with Gasteiger partial charge in [-0.15, -0.1) is 5.73 Å². The van der Waals surface area contributed by atoms with Crippen LogP contribution < -0.4 is 0 Å². The topological polar surface area (TPSA) is 63.9 Å². The number of hydrogen-bond acceptors (Lipinski definition) is 2. The minimum absolute atomic E-state index is 0.146. The molecule has 1 aliphatic rings. The number of allylic oxidation sites excluding steroid dienone is 1. The van der Waals surface area contributed by atoms with E-state index in [-0.39, 0.29) is 10.6 Å². The minimum Gasteiger partial charge on any atom is -0.354 e. The fourth-order valence-corrected chi connectivity index (χ4v) is 5.62. The summed E-state index contributed by atoms with van der Waals surface area (Å²) in [5.41, 5.74) is 9.62. The second-order valence-corrected chi connectivity index (χ2v) is 13.6. The third-order valence-corrected chi connectivity index (χ3v) is 7.36. The van der Waals surface area contributed by atoms with Gasteiger partial charge in [-0.3, -0.25) is 10.1 Å². The number of nitrogens with one attached hydrogen (secondary N) is 1. The van der Waals surface area contributed by atoms with Crippen LogP contribution in [0.2, 0.25) is 19.6 Å². The van der Waals surface area contributed by atoms with Gasteiger partial charge in [-0.2, -0.15) is 0 Å². The van der Waals surface area contributed by atoms with Gasteiger partial charge in [0.2, 0.25) is 0 Å². The average molecular weight is 392 g/mol. The van der Waals surface area contributed by atoms with Crippen molar-refractivity contribution in [3.05, 3.63) is 69.3 Å². The molecule has 2 heterocycles. The normalized spacial score (nSPS) is 14.1. The Morgan fingerprint density at radius 2 is 2.04 bits per heavy atom. The highest BCUT2D eigenvalue weighted by Gasteiger charge is 2.25. The molecule has 0 aliphatic heterocycles. The summed E-state index contributed by atoms with van der Waals surface area (Å²) in [6.45, 7) is 7.05. The van der Waals surface area contributed by atoms with E-state index in [0.29, 0.717) is 0 Å². The van der Waals surface area contributed by atoms with Crippen molar-refractivity contribution in [1.29, 1.82) is 0 Å². The Labute approximate surface area is 165 Å². The Morgan fingerprint density at radius 3 is 2.68 bits per heavy atom. The van der Waals surface area contributed by atoms with Gasteiger partial charge in [0.1, 0.15) is 0 Å². The molecule has 1 aliphatic carbocycles. The number of nitrogens with zero attached hydrogens (tertiary/aromatic N) is 2. The van der Waals surface area contributed by atoms with Crippen molar-refractivity contribution in [3.8, 4) is 0 Å². The molecule has 0 saturated heterocycles. The number of hydrogen-bond donors (Lipinski definition) is 1. The van der Waals surface area contributed by atoms with Crippen LogP contribution in [0.4, 0.5) is 5.69 Å². The predicted molar refractivity (Wildman–Crippen MR) is 117 cm³/mol. The van der Waals surface area contributed by atoms with Crippen LogP contribution in [-0.4, -0.2) is 22.5 Å². The fourth-order valence-electron chi connectivity index (χ4n) is 4.07. The van der Waals surface area contributed by atoms with E-state index in [1.165, 1.54) is 22.0 Å². The number of aromatic amines is 1. The first kappa shape index (κ1) is 18.5. The van der Waals surface area contributed by atoms with E-state index in [9.17, 15) is 10.1 Å². The number of nitro benzene ring substituents is 1. The first-order valence-corrected chi connectivity index (χ1v) is 13.2. The smallest absolute Gasteiger partial charge is 0.270 e. The Balaban J connectivity index is 1.98. The van der Waals surface area contributed by atoms with E-state index in [2.05, 4.69) is 60.3 Å². The molecule has 0 atom stereocenters. The second-order valence-electron chi connectivity index (χ2n) is 8.55. The van der Waals surface area contributed by atoms with Crippen LogP contribution in [0.3, 0.4) is 0 Å². The molecular formula is C22H25N3O2Si. The van der Waals surface area contributed by atoms with Gasteiger partial charge in [-0.1, -0.05) is 19.6 Å². The zero-order valence-electron chi connectivity index (χ0n) is 16.8. The van der Waals surface area contributed by atoms with Crippen LogP contribution in [0.5, 0.6) is 0 Å². The summed E-state index contributed by atoms with van der Waals surface area (Å²) in [4.78, 5) is 14.4. The van der Waals surface area contributed by atoms with Crippen molar-refractivity contribution in [2.75, 3.05) is 0 Å². The number of benzene rings is 1. The quantitative estimate of drug-likeness (QED) is 0.270. The highest BCUT2D eigenvalue weighted by atomic mass is 28.3. The van der Waals surface area contributed by atoms with E-state index in [1.807, 2.05) is 6.07 Å². The maximum Gasteiger partial charge on any atom is 0.270 e. The lowest BCUT2D eigenvalue weighted by molar-refractivity contribution is -0.384. The first-order valence-electron chi connectivity index (χ1n) is 9.67. The van der Waals surface area contributed by atoms with Crippen LogP contribution >= 0.6 is 0 Å². The molecular weight excluding hydrogens is 366 g/mol. The summed E-state index contributed by atoms with van der Waals surface area (Å²) in [5.74, 6) is 0. The molecule has 0 bridgehead atoms. The fraction of sp³-hybridized carbons (Fsp3) is 0.318. The number of aryl methyl sites for hydroxylation is 2. The van der Waals surface area contributed by atoms with Crippen LogP contribution in [0.25, 0.3) is 21.7 Å². The Morgan fingerprint density at radius 1 is 1.25 bits per heavy atom. The molecule has 0 spiro atoms. The number of nitro groups is 1. The largest absolute Gasteiger partial charge is 0.354 e. The zero-order valence-corrected chi connectivity index (χ0v) is 17.8. The van der Waals surface area contributed by atoms with Gasteiger partial charge in [0, 0.05) is 52.7 Å². The lowest BCUT2D eigenvalue weighted by atomic mass is 9.91. The van der Waals surface area contributed by atoms with Crippen LogP contribution in [0.1, 0.15) is 29.8 Å². The van der Waals surface area contributed by atoms with E-state index in [4.69, 9.17) is 0 Å². The molecule has 0 saturated carbocycles. The Bertz CT molecular complexity index is 1150. The third-order valence-electron chi connectivity index (χ3n) is 5.48. The number of rotatable bonds is 3. The zero-order chi connectivity index (χ0) is 20.1. The van der Waals surface area contributed by atoms with E-state index >= 15 is 0 Å². The summed E-state index contributed by atoms with van der Waals surface area (Å²) in [7, 11) is 0.450. The summed E-state index contributed by atoms with van der Waals surface area (Å²) < 4.78 is 2.17. The molecule has 1 aromatic carbocycles. The van der Waals surface area contributed by atoms with Crippen molar-refractivity contribution in [1.82, 2.24) is 9.55 Å². The maximum atomic E-state index is 11.2. The van der Waals surface area contributed by atoms with Crippen molar-refractivity contribution >= 4 is 35.4 Å². The number of aromatic nitrogens is 2. The van der Waals surface area contributed by atoms with Crippen molar-refractivity contribution < 1.29 is 4.92 Å². The van der Waals surface area contributed by atoms with Crippen molar-refractivity contribution in [2.45, 2.75) is 38.9 Å². The van der Waals surface area contributed by atoms with E-state index in [0.717, 1.165) is 35.9 Å². The number of H-pyrrole nitrogens is 1. The summed E-state index contributed by atoms with van der Waals surface area (Å²) in [6, 6.07) is 9.34. The standard InChI is InChI=1S/C22H25N3O2Si/c1-24-12-6-9-20(24)21(28(2,3)4)13-15-7-5-8-17-18-14-16(25(26)27)10-11-19(18)23-22(15)17/h6,9-12,14,23H,5,7-8H2,1-4H3. The Kier molecular flexibility index (Phi) is 4.41. The van der Waals surface area contributed by atoms with Gasteiger partial charge in [0.15, 0.2) is 0 Å². The van der Waals surface area contributed by atoms with Crippen LogP contribution in [-0.2, 0) is 13.5 Å². The van der Waals surface area contributed by atoms with Crippen LogP contribution in [0, 0.1) is 10.1 Å². The molecule has 28 heavy (non-hydrogen) atoms. The lowest BCUT2D eigenvalue weighted by Crippen LogP contribution is -2.23. The summed E-state index contributed by atoms with van der Waals surface area (Å²) in [6.07, 6.45) is 5.03. The minimum atomic E-state index is -1.63. The highest BCUT2D eigenvalue weighted by Crippen LogP contribution is 2.37. The van der Waals surface area contributed by atoms with E-state index < -0.39 is 8.07 Å². The van der Waals surface area contributed by atoms with Gasteiger partial charge >= 0.3 is 0 Å². The molecule has 6 heteroatoms. The van der Waals surface area contributed by atoms with Gasteiger partial charge < -0.3 is 9.55 Å². The first-order chi connectivity index (χ1) is 13.3. The average Bonchev–Trinajstić information content (AvgIpc) is 3.21. The van der Waals surface area contributed by atoms with Gasteiger partial charge in [-0.05, 0) is 43.0 Å². The number of fused-ring (bicyclic) bond motifs is 3. The monoisotopic (exact) mass is 391 g/mol. The molecule has 0 radical (unpaired) electrons.